The van der Waals surface area contributed by atoms with Gasteiger partial charge >= 0.3 is 5.97 Å². The smallest absolute Gasteiger partial charge is 0.304 e. The number of hydrogen-bond acceptors (Lipinski definition) is 4. The predicted molar refractivity (Wildman–Crippen MR) is 146 cm³/mol. The van der Waals surface area contributed by atoms with Crippen LogP contribution in [0.1, 0.15) is 70.0 Å². The lowest BCUT2D eigenvalue weighted by atomic mass is 9.67. The van der Waals surface area contributed by atoms with Crippen molar-refractivity contribution in [3.8, 4) is 0 Å². The number of carboxylic acid groups (broad SMARTS) is 1. The number of halogens is 2. The van der Waals surface area contributed by atoms with Crippen LogP contribution in [0.2, 0.25) is 10.0 Å². The highest BCUT2D eigenvalue weighted by Crippen LogP contribution is 2.52. The van der Waals surface area contributed by atoms with Crippen molar-refractivity contribution >= 4 is 45.1 Å². The quantitative estimate of drug-likeness (QED) is 0.386. The van der Waals surface area contributed by atoms with E-state index >= 15 is 0 Å². The van der Waals surface area contributed by atoms with Crippen molar-refractivity contribution in [1.29, 1.82) is 0 Å². The fourth-order valence-corrected chi connectivity index (χ4v) is 6.18. The standard InChI is InChI=1S/C27H34Cl2N2O5S/c1-5-22(16-30-37(35,36)17(2)3)31-25(18-9-11-20(28)12-10-18)23(19-7-6-8-21(29)13-19)14-27(4,26(31)34)15-24(32)33/h6-13,17,22-23,25,30H,5,14-16H2,1-4H3,(H,32,33)/t22-,23?,25+,27+/m0/s1. The van der Waals surface area contributed by atoms with Gasteiger partial charge in [0.05, 0.1) is 23.1 Å². The van der Waals surface area contributed by atoms with E-state index in [4.69, 9.17) is 23.2 Å². The minimum absolute atomic E-state index is 0.0122. The molecular weight excluding hydrogens is 535 g/mol. The number of carbonyl (C=O) groups excluding carboxylic acids is 1. The molecule has 1 saturated heterocycles. The fraction of sp³-hybridized carbons (Fsp3) is 0.481. The summed E-state index contributed by atoms with van der Waals surface area (Å²) in [6.07, 6.45) is 0.402. The molecule has 1 aliphatic rings. The fourth-order valence-electron chi connectivity index (χ4n) is 5.10. The van der Waals surface area contributed by atoms with E-state index in [1.807, 2.05) is 37.3 Å². The molecular formula is C27H34Cl2N2O5S. The number of likely N-dealkylation sites (tertiary alicyclic amines) is 1. The van der Waals surface area contributed by atoms with Crippen LogP contribution in [-0.2, 0) is 19.6 Å². The highest BCUT2D eigenvalue weighted by atomic mass is 35.5. The average molecular weight is 570 g/mol. The summed E-state index contributed by atoms with van der Waals surface area (Å²) in [6, 6.07) is 13.6. The average Bonchev–Trinajstić information content (AvgIpc) is 2.82. The molecule has 0 spiro atoms. The molecule has 37 heavy (non-hydrogen) atoms. The molecule has 0 bridgehead atoms. The number of amides is 1. The maximum Gasteiger partial charge on any atom is 0.304 e. The Bertz CT molecular complexity index is 1240. The molecule has 4 atom stereocenters. The molecule has 10 heteroatoms. The first-order valence-corrected chi connectivity index (χ1v) is 14.6. The Balaban J connectivity index is 2.20. The van der Waals surface area contributed by atoms with Gasteiger partial charge in [-0.1, -0.05) is 61.3 Å². The molecule has 2 aromatic carbocycles. The van der Waals surface area contributed by atoms with Crippen molar-refractivity contribution in [3.05, 3.63) is 69.7 Å². The molecule has 0 aliphatic carbocycles. The first-order valence-electron chi connectivity index (χ1n) is 12.3. The van der Waals surface area contributed by atoms with Crippen LogP contribution in [-0.4, -0.2) is 48.1 Å². The lowest BCUT2D eigenvalue weighted by molar-refractivity contribution is -0.160. The Morgan fingerprint density at radius 1 is 1.14 bits per heavy atom. The van der Waals surface area contributed by atoms with Crippen LogP contribution in [0.25, 0.3) is 0 Å². The number of nitrogens with one attached hydrogen (secondary N) is 1. The van der Waals surface area contributed by atoms with E-state index in [0.29, 0.717) is 16.5 Å². The topological polar surface area (TPSA) is 104 Å². The predicted octanol–water partition coefficient (Wildman–Crippen LogP) is 5.64. The van der Waals surface area contributed by atoms with Gasteiger partial charge in [0.15, 0.2) is 0 Å². The van der Waals surface area contributed by atoms with Crippen LogP contribution in [0.4, 0.5) is 0 Å². The molecule has 202 valence electrons. The van der Waals surface area contributed by atoms with Gasteiger partial charge in [0, 0.05) is 28.5 Å². The van der Waals surface area contributed by atoms with Gasteiger partial charge in [-0.05, 0) is 62.1 Å². The molecule has 2 aromatic rings. The summed E-state index contributed by atoms with van der Waals surface area (Å²) < 4.78 is 27.8. The van der Waals surface area contributed by atoms with Crippen LogP contribution in [0.5, 0.6) is 0 Å². The molecule has 7 nitrogen and oxygen atoms in total. The molecule has 1 amide bonds. The van der Waals surface area contributed by atoms with Crippen LogP contribution in [0, 0.1) is 5.41 Å². The largest absolute Gasteiger partial charge is 0.481 e. The lowest BCUT2D eigenvalue weighted by Crippen LogP contribution is -2.58. The number of aliphatic carboxylic acids is 1. The van der Waals surface area contributed by atoms with Gasteiger partial charge in [0.2, 0.25) is 15.9 Å². The molecule has 0 saturated carbocycles. The number of hydrogen-bond donors (Lipinski definition) is 2. The molecule has 1 heterocycles. The van der Waals surface area contributed by atoms with E-state index in [2.05, 4.69) is 4.72 Å². The zero-order valence-corrected chi connectivity index (χ0v) is 23.8. The normalized spacial score (nSPS) is 23.3. The van der Waals surface area contributed by atoms with Gasteiger partial charge in [-0.15, -0.1) is 0 Å². The van der Waals surface area contributed by atoms with Crippen LogP contribution in [0.3, 0.4) is 0 Å². The second-order valence-corrected chi connectivity index (χ2v) is 13.4. The van der Waals surface area contributed by atoms with Crippen molar-refractivity contribution in [3.63, 3.8) is 0 Å². The number of carbonyl (C=O) groups is 2. The van der Waals surface area contributed by atoms with E-state index in [-0.39, 0.29) is 31.2 Å². The summed E-state index contributed by atoms with van der Waals surface area (Å²) in [5.74, 6) is -1.68. The Labute approximate surface area is 229 Å². The zero-order valence-electron chi connectivity index (χ0n) is 21.4. The molecule has 0 aromatic heterocycles. The van der Waals surface area contributed by atoms with Gasteiger partial charge in [-0.2, -0.15) is 0 Å². The van der Waals surface area contributed by atoms with Crippen molar-refractivity contribution in [1.82, 2.24) is 9.62 Å². The van der Waals surface area contributed by atoms with Gasteiger partial charge in [0.1, 0.15) is 0 Å². The van der Waals surface area contributed by atoms with Crippen molar-refractivity contribution in [2.24, 2.45) is 5.41 Å². The van der Waals surface area contributed by atoms with Gasteiger partial charge in [-0.3, -0.25) is 9.59 Å². The minimum atomic E-state index is -3.58. The SMILES string of the molecule is CC[C@@H](CNS(=O)(=O)C(C)C)N1C(=O)[C@@](C)(CC(=O)O)CC(c2cccc(Cl)c2)[C@H]1c1ccc(Cl)cc1. The van der Waals surface area contributed by atoms with Crippen LogP contribution >= 0.6 is 23.2 Å². The summed E-state index contributed by atoms with van der Waals surface area (Å²) in [7, 11) is -3.58. The summed E-state index contributed by atoms with van der Waals surface area (Å²) in [5, 5.41) is 10.2. The van der Waals surface area contributed by atoms with Crippen molar-refractivity contribution < 1.29 is 23.1 Å². The Morgan fingerprint density at radius 3 is 2.32 bits per heavy atom. The number of sulfonamides is 1. The highest BCUT2D eigenvalue weighted by Gasteiger charge is 2.52. The third-order valence-corrected chi connectivity index (χ3v) is 9.43. The van der Waals surface area contributed by atoms with Gasteiger partial charge in [0.25, 0.3) is 0 Å². The number of nitrogens with zero attached hydrogens (tertiary/aromatic N) is 1. The maximum atomic E-state index is 14.2. The molecule has 1 unspecified atom stereocenters. The Hall–Kier alpha value is -2.13. The van der Waals surface area contributed by atoms with E-state index in [1.165, 1.54) is 0 Å². The summed E-state index contributed by atoms with van der Waals surface area (Å²) in [4.78, 5) is 27.8. The summed E-state index contributed by atoms with van der Waals surface area (Å²) in [6.45, 7) is 6.75. The van der Waals surface area contributed by atoms with Crippen LogP contribution in [0.15, 0.2) is 48.5 Å². The minimum Gasteiger partial charge on any atom is -0.481 e. The number of carboxylic acids is 1. The third kappa shape index (κ3) is 6.66. The maximum absolute atomic E-state index is 14.2. The van der Waals surface area contributed by atoms with Crippen molar-refractivity contribution in [2.75, 3.05) is 6.54 Å². The molecule has 3 rings (SSSR count). The van der Waals surface area contributed by atoms with Gasteiger partial charge in [-0.25, -0.2) is 13.1 Å². The highest BCUT2D eigenvalue weighted by molar-refractivity contribution is 7.90. The Morgan fingerprint density at radius 2 is 1.78 bits per heavy atom. The Kier molecular flexibility index (Phi) is 9.32. The molecule has 2 N–H and O–H groups in total. The third-order valence-electron chi connectivity index (χ3n) is 7.14. The van der Waals surface area contributed by atoms with E-state index in [1.54, 1.807) is 43.9 Å². The van der Waals surface area contributed by atoms with E-state index in [0.717, 1.165) is 11.1 Å². The molecule has 1 aliphatic heterocycles. The van der Waals surface area contributed by atoms with Crippen LogP contribution < -0.4 is 4.72 Å². The lowest BCUT2D eigenvalue weighted by Gasteiger charge is -2.52. The number of piperidine rings is 1. The summed E-state index contributed by atoms with van der Waals surface area (Å²) >= 11 is 12.5. The van der Waals surface area contributed by atoms with E-state index in [9.17, 15) is 23.1 Å². The second-order valence-electron chi connectivity index (χ2n) is 10.2. The van der Waals surface area contributed by atoms with Gasteiger partial charge < -0.3 is 10.0 Å². The van der Waals surface area contributed by atoms with Crippen molar-refractivity contribution in [2.45, 2.75) is 70.2 Å². The number of benzene rings is 2. The second kappa shape index (κ2) is 11.7. The molecule has 0 radical (unpaired) electrons. The first kappa shape index (κ1) is 29.4. The van der Waals surface area contributed by atoms with E-state index < -0.39 is 38.7 Å². The zero-order chi connectivity index (χ0) is 27.5. The monoisotopic (exact) mass is 568 g/mol. The molecule has 1 fully saturated rings. The number of rotatable bonds is 10. The summed E-state index contributed by atoms with van der Waals surface area (Å²) in [5.41, 5.74) is 0.496. The first-order chi connectivity index (χ1) is 17.3.